The van der Waals surface area contributed by atoms with Gasteiger partial charge in [0.15, 0.2) is 5.11 Å². The van der Waals surface area contributed by atoms with E-state index in [4.69, 9.17) is 23.8 Å². The normalized spacial score (nSPS) is 18.3. The molecule has 2 atom stereocenters. The van der Waals surface area contributed by atoms with E-state index in [0.29, 0.717) is 10.1 Å². The lowest BCUT2D eigenvalue weighted by Gasteiger charge is -2.28. The van der Waals surface area contributed by atoms with Crippen LogP contribution >= 0.6 is 39.7 Å². The Morgan fingerprint density at radius 2 is 1.81 bits per heavy atom. The Morgan fingerprint density at radius 1 is 0.968 bits per heavy atom. The molecule has 3 aromatic heterocycles. The van der Waals surface area contributed by atoms with E-state index in [0.717, 1.165) is 27.4 Å². The predicted molar refractivity (Wildman–Crippen MR) is 131 cm³/mol. The molecule has 1 aliphatic rings. The highest BCUT2D eigenvalue weighted by Crippen LogP contribution is 2.42. The summed E-state index contributed by atoms with van der Waals surface area (Å²) in [6.07, 6.45) is 5.46. The number of anilines is 1. The molecule has 1 fully saturated rings. The standard InChI is InChI=1S/C23H17BrClN5S/c24-15-6-9-17(10-7-15)30-22(21(28-23(30)31)18-4-1-2-12-26-18)19-5-3-13-29(19)20-11-8-16(25)14-27-20/h1-14,21-22H,(H,28,31)/t21-,22+/m1/s1. The van der Waals surface area contributed by atoms with Crippen molar-refractivity contribution in [2.24, 2.45) is 0 Å². The van der Waals surface area contributed by atoms with Gasteiger partial charge in [0, 0.05) is 34.4 Å². The van der Waals surface area contributed by atoms with Crippen molar-refractivity contribution in [3.8, 4) is 5.82 Å². The van der Waals surface area contributed by atoms with Crippen LogP contribution in [-0.2, 0) is 0 Å². The summed E-state index contributed by atoms with van der Waals surface area (Å²) in [5.41, 5.74) is 2.97. The summed E-state index contributed by atoms with van der Waals surface area (Å²) in [5.74, 6) is 0.790. The fraction of sp³-hybridized carbons (Fsp3) is 0.0870. The van der Waals surface area contributed by atoms with Crippen LogP contribution in [-0.4, -0.2) is 19.6 Å². The van der Waals surface area contributed by atoms with Crippen LogP contribution in [0, 0.1) is 0 Å². The second-order valence-electron chi connectivity index (χ2n) is 7.11. The summed E-state index contributed by atoms with van der Waals surface area (Å²) in [4.78, 5) is 11.3. The first kappa shape index (κ1) is 20.2. The van der Waals surface area contributed by atoms with E-state index >= 15 is 0 Å². The Bertz CT molecular complexity index is 1210. The monoisotopic (exact) mass is 509 g/mol. The zero-order valence-corrected chi connectivity index (χ0v) is 19.3. The Morgan fingerprint density at radius 3 is 2.52 bits per heavy atom. The molecule has 0 amide bonds. The van der Waals surface area contributed by atoms with Crippen molar-refractivity contribution in [1.29, 1.82) is 0 Å². The SMILES string of the molecule is S=C1N[C@H](c2ccccn2)[C@H](c2cccn2-c2ccc(Cl)cn2)N1c1ccc(Br)cc1. The Balaban J connectivity index is 1.66. The van der Waals surface area contributed by atoms with E-state index in [-0.39, 0.29) is 12.1 Å². The van der Waals surface area contributed by atoms with Gasteiger partial charge in [-0.25, -0.2) is 4.98 Å². The van der Waals surface area contributed by atoms with Crippen LogP contribution < -0.4 is 10.2 Å². The smallest absolute Gasteiger partial charge is 0.174 e. The lowest BCUT2D eigenvalue weighted by atomic mass is 10.0. The van der Waals surface area contributed by atoms with Crippen LogP contribution in [0.15, 0.2) is 89.8 Å². The quantitative estimate of drug-likeness (QED) is 0.348. The van der Waals surface area contributed by atoms with Crippen molar-refractivity contribution in [3.05, 3.63) is 106 Å². The molecule has 5 nitrogen and oxygen atoms in total. The second kappa shape index (κ2) is 8.42. The van der Waals surface area contributed by atoms with Gasteiger partial charge in [-0.15, -0.1) is 0 Å². The van der Waals surface area contributed by atoms with E-state index in [9.17, 15) is 0 Å². The maximum atomic E-state index is 6.06. The molecular weight excluding hydrogens is 494 g/mol. The van der Waals surface area contributed by atoms with Crippen molar-refractivity contribution in [2.75, 3.05) is 4.90 Å². The molecule has 1 saturated heterocycles. The number of nitrogens with zero attached hydrogens (tertiary/aromatic N) is 4. The van der Waals surface area contributed by atoms with Gasteiger partial charge in [-0.1, -0.05) is 33.6 Å². The number of benzene rings is 1. The lowest BCUT2D eigenvalue weighted by molar-refractivity contribution is 0.548. The number of pyridine rings is 2. The van der Waals surface area contributed by atoms with Gasteiger partial charge < -0.3 is 14.8 Å². The van der Waals surface area contributed by atoms with E-state index < -0.39 is 0 Å². The predicted octanol–water partition coefficient (Wildman–Crippen LogP) is 5.86. The third kappa shape index (κ3) is 3.84. The Labute approximate surface area is 198 Å². The van der Waals surface area contributed by atoms with E-state index in [1.165, 1.54) is 0 Å². The van der Waals surface area contributed by atoms with Crippen LogP contribution in [0.2, 0.25) is 5.02 Å². The molecule has 0 bridgehead atoms. The topological polar surface area (TPSA) is 46.0 Å². The van der Waals surface area contributed by atoms with Gasteiger partial charge in [0.1, 0.15) is 11.9 Å². The Hall–Kier alpha value is -2.74. The zero-order valence-electron chi connectivity index (χ0n) is 16.2. The highest BCUT2D eigenvalue weighted by molar-refractivity contribution is 9.10. The number of aromatic nitrogens is 3. The third-order valence-electron chi connectivity index (χ3n) is 5.24. The minimum absolute atomic E-state index is 0.127. The molecule has 4 heterocycles. The van der Waals surface area contributed by atoms with Gasteiger partial charge in [-0.3, -0.25) is 4.98 Å². The summed E-state index contributed by atoms with van der Waals surface area (Å²) < 4.78 is 3.08. The first-order valence-electron chi connectivity index (χ1n) is 9.67. The maximum absolute atomic E-state index is 6.06. The molecule has 8 heteroatoms. The fourth-order valence-corrected chi connectivity index (χ4v) is 4.61. The molecule has 0 unspecified atom stereocenters. The number of rotatable bonds is 4. The average Bonchev–Trinajstić information content (AvgIpc) is 3.40. The van der Waals surface area contributed by atoms with Gasteiger partial charge in [0.25, 0.3) is 0 Å². The van der Waals surface area contributed by atoms with Crippen LogP contribution in [0.1, 0.15) is 23.5 Å². The van der Waals surface area contributed by atoms with Gasteiger partial charge in [-0.2, -0.15) is 0 Å². The number of hydrogen-bond acceptors (Lipinski definition) is 3. The minimum atomic E-state index is -0.129. The Kier molecular flexibility index (Phi) is 5.48. The summed E-state index contributed by atoms with van der Waals surface area (Å²) in [6.45, 7) is 0. The van der Waals surface area contributed by atoms with Crippen LogP contribution in [0.5, 0.6) is 0 Å². The molecular formula is C23H17BrClN5S. The summed E-state index contributed by atoms with van der Waals surface area (Å²) in [5, 5.41) is 4.74. The van der Waals surface area contributed by atoms with Crippen molar-refractivity contribution in [2.45, 2.75) is 12.1 Å². The van der Waals surface area contributed by atoms with Gasteiger partial charge >= 0.3 is 0 Å². The van der Waals surface area contributed by atoms with Crippen molar-refractivity contribution < 1.29 is 0 Å². The fourth-order valence-electron chi connectivity index (χ4n) is 3.89. The summed E-state index contributed by atoms with van der Waals surface area (Å²) >= 11 is 15.4. The van der Waals surface area contributed by atoms with Crippen LogP contribution in [0.4, 0.5) is 5.69 Å². The van der Waals surface area contributed by atoms with Gasteiger partial charge in [0.2, 0.25) is 0 Å². The van der Waals surface area contributed by atoms with Gasteiger partial charge in [0.05, 0.1) is 16.8 Å². The largest absolute Gasteiger partial charge is 0.351 e. The molecule has 0 saturated carbocycles. The van der Waals surface area contributed by atoms with Gasteiger partial charge in [-0.05, 0) is 72.9 Å². The van der Waals surface area contributed by atoms with Crippen LogP contribution in [0.3, 0.4) is 0 Å². The highest BCUT2D eigenvalue weighted by atomic mass is 79.9. The number of thiocarbonyl (C=S) groups is 1. The lowest BCUT2D eigenvalue weighted by Crippen LogP contribution is -2.30. The molecule has 5 rings (SSSR count). The second-order valence-corrected chi connectivity index (χ2v) is 8.85. The minimum Gasteiger partial charge on any atom is -0.351 e. The maximum Gasteiger partial charge on any atom is 0.174 e. The third-order valence-corrected chi connectivity index (χ3v) is 6.31. The molecule has 1 aliphatic heterocycles. The van der Waals surface area contributed by atoms with Crippen molar-refractivity contribution >= 4 is 50.5 Å². The molecule has 0 spiro atoms. The zero-order chi connectivity index (χ0) is 21.4. The molecule has 4 aromatic rings. The number of halogens is 2. The van der Waals surface area contributed by atoms with E-state index in [1.807, 2.05) is 54.7 Å². The summed E-state index contributed by atoms with van der Waals surface area (Å²) in [7, 11) is 0. The molecule has 1 aromatic carbocycles. The number of nitrogens with one attached hydrogen (secondary N) is 1. The molecule has 154 valence electrons. The molecule has 1 N–H and O–H groups in total. The highest BCUT2D eigenvalue weighted by Gasteiger charge is 2.42. The summed E-state index contributed by atoms with van der Waals surface area (Å²) in [6, 6.07) is 21.7. The first-order chi connectivity index (χ1) is 15.1. The van der Waals surface area contributed by atoms with Crippen molar-refractivity contribution in [3.63, 3.8) is 0 Å². The van der Waals surface area contributed by atoms with E-state index in [1.54, 1.807) is 12.4 Å². The number of hydrogen-bond donors (Lipinski definition) is 1. The van der Waals surface area contributed by atoms with Crippen LogP contribution in [0.25, 0.3) is 5.82 Å². The van der Waals surface area contributed by atoms with Crippen molar-refractivity contribution in [1.82, 2.24) is 19.9 Å². The van der Waals surface area contributed by atoms with E-state index in [2.05, 4.69) is 58.9 Å². The molecule has 0 aliphatic carbocycles. The molecule has 0 radical (unpaired) electrons. The molecule has 31 heavy (non-hydrogen) atoms. The first-order valence-corrected chi connectivity index (χ1v) is 11.2. The average molecular weight is 511 g/mol.